The number of hydrogen-bond donors (Lipinski definition) is 1. The van der Waals surface area contributed by atoms with Crippen molar-refractivity contribution in [2.75, 3.05) is 23.3 Å². The van der Waals surface area contributed by atoms with Gasteiger partial charge in [0.05, 0.1) is 0 Å². The third-order valence-electron chi connectivity index (χ3n) is 3.62. The zero-order chi connectivity index (χ0) is 14.4. The van der Waals surface area contributed by atoms with Crippen LogP contribution in [0, 0.1) is 0 Å². The molecule has 0 amide bonds. The lowest BCUT2D eigenvalue weighted by molar-refractivity contribution is 0.698. The smallest absolute Gasteiger partial charge is 0.134 e. The molecule has 1 heterocycles. The molecule has 1 aromatic rings. The summed E-state index contributed by atoms with van der Waals surface area (Å²) in [5.74, 6) is 3.07. The van der Waals surface area contributed by atoms with E-state index in [1.165, 1.54) is 25.7 Å². The van der Waals surface area contributed by atoms with Crippen LogP contribution in [-0.2, 0) is 6.42 Å². The van der Waals surface area contributed by atoms with Crippen molar-refractivity contribution < 1.29 is 0 Å². The first-order valence-corrected chi connectivity index (χ1v) is 8.16. The molecule has 1 aliphatic rings. The summed E-state index contributed by atoms with van der Waals surface area (Å²) in [7, 11) is 0. The van der Waals surface area contributed by atoms with E-state index in [9.17, 15) is 0 Å². The van der Waals surface area contributed by atoms with Crippen LogP contribution in [0.4, 0.5) is 11.6 Å². The van der Waals surface area contributed by atoms with Gasteiger partial charge in [0.25, 0.3) is 0 Å². The standard InChI is InChI=1S/C16H28N4/c1-4-7-11-20(13-9-10-13)16-12-15(17-6-3)18-14(19-16)8-5-2/h12-13H,4-11H2,1-3H3,(H,17,18,19). The number of aryl methyl sites for hydroxylation is 1. The molecule has 1 aromatic heterocycles. The van der Waals surface area contributed by atoms with E-state index in [0.29, 0.717) is 6.04 Å². The molecule has 1 saturated carbocycles. The zero-order valence-electron chi connectivity index (χ0n) is 13.2. The summed E-state index contributed by atoms with van der Waals surface area (Å²) in [6.45, 7) is 8.56. The summed E-state index contributed by atoms with van der Waals surface area (Å²) in [6.07, 6.45) is 7.14. The molecule has 0 bridgehead atoms. The second-order valence-corrected chi connectivity index (χ2v) is 5.59. The van der Waals surface area contributed by atoms with Crippen molar-refractivity contribution in [3.05, 3.63) is 11.9 Å². The highest BCUT2D eigenvalue weighted by molar-refractivity contribution is 5.51. The van der Waals surface area contributed by atoms with E-state index in [2.05, 4.69) is 42.0 Å². The molecule has 0 spiro atoms. The fraction of sp³-hybridized carbons (Fsp3) is 0.750. The van der Waals surface area contributed by atoms with E-state index >= 15 is 0 Å². The lowest BCUT2D eigenvalue weighted by Crippen LogP contribution is -2.28. The highest BCUT2D eigenvalue weighted by Gasteiger charge is 2.30. The van der Waals surface area contributed by atoms with E-state index in [1.54, 1.807) is 0 Å². The molecule has 0 radical (unpaired) electrons. The van der Waals surface area contributed by atoms with Crippen LogP contribution in [0.3, 0.4) is 0 Å². The van der Waals surface area contributed by atoms with Gasteiger partial charge in [0, 0.05) is 31.6 Å². The second kappa shape index (κ2) is 7.46. The van der Waals surface area contributed by atoms with Gasteiger partial charge in [-0.2, -0.15) is 0 Å². The van der Waals surface area contributed by atoms with Crippen LogP contribution >= 0.6 is 0 Å². The Hall–Kier alpha value is -1.32. The summed E-state index contributed by atoms with van der Waals surface area (Å²) in [6, 6.07) is 2.83. The summed E-state index contributed by atoms with van der Waals surface area (Å²) < 4.78 is 0. The first kappa shape index (κ1) is 15.1. The van der Waals surface area contributed by atoms with Crippen LogP contribution in [0.2, 0.25) is 0 Å². The van der Waals surface area contributed by atoms with Crippen molar-refractivity contribution in [2.45, 2.75) is 65.3 Å². The predicted octanol–water partition coefficient (Wildman–Crippen LogP) is 3.63. The maximum Gasteiger partial charge on any atom is 0.134 e. The molecule has 20 heavy (non-hydrogen) atoms. The van der Waals surface area contributed by atoms with Gasteiger partial charge in [-0.05, 0) is 32.6 Å². The average molecular weight is 276 g/mol. The molecule has 0 atom stereocenters. The third-order valence-corrected chi connectivity index (χ3v) is 3.62. The Kier molecular flexibility index (Phi) is 5.62. The number of unbranched alkanes of at least 4 members (excludes halogenated alkanes) is 1. The summed E-state index contributed by atoms with van der Waals surface area (Å²) in [4.78, 5) is 11.9. The molecule has 0 aromatic carbocycles. The van der Waals surface area contributed by atoms with E-state index in [4.69, 9.17) is 4.98 Å². The number of anilines is 2. The highest BCUT2D eigenvalue weighted by Crippen LogP contribution is 2.31. The lowest BCUT2D eigenvalue weighted by atomic mass is 10.3. The van der Waals surface area contributed by atoms with Gasteiger partial charge in [0.2, 0.25) is 0 Å². The minimum atomic E-state index is 0.709. The minimum Gasteiger partial charge on any atom is -0.370 e. The van der Waals surface area contributed by atoms with Crippen LogP contribution in [0.15, 0.2) is 6.07 Å². The third kappa shape index (κ3) is 4.09. The molecule has 4 nitrogen and oxygen atoms in total. The van der Waals surface area contributed by atoms with Crippen LogP contribution in [0.25, 0.3) is 0 Å². The fourth-order valence-corrected chi connectivity index (χ4v) is 2.44. The van der Waals surface area contributed by atoms with Crippen molar-refractivity contribution in [1.29, 1.82) is 0 Å². The van der Waals surface area contributed by atoms with Crippen LogP contribution in [-0.4, -0.2) is 29.1 Å². The van der Waals surface area contributed by atoms with Gasteiger partial charge < -0.3 is 10.2 Å². The minimum absolute atomic E-state index is 0.709. The number of aromatic nitrogens is 2. The Bertz CT molecular complexity index is 391. The number of hydrogen-bond acceptors (Lipinski definition) is 4. The Balaban J connectivity index is 2.21. The first-order chi connectivity index (χ1) is 9.78. The average Bonchev–Trinajstić information content (AvgIpc) is 3.24. The van der Waals surface area contributed by atoms with E-state index < -0.39 is 0 Å². The van der Waals surface area contributed by atoms with Crippen molar-refractivity contribution in [3.63, 3.8) is 0 Å². The van der Waals surface area contributed by atoms with Crippen LogP contribution < -0.4 is 10.2 Å². The number of nitrogens with one attached hydrogen (secondary N) is 1. The molecule has 1 aliphatic carbocycles. The highest BCUT2D eigenvalue weighted by atomic mass is 15.2. The van der Waals surface area contributed by atoms with Gasteiger partial charge in [-0.15, -0.1) is 0 Å². The Labute approximate surface area is 123 Å². The Morgan fingerprint density at radius 3 is 2.60 bits per heavy atom. The van der Waals surface area contributed by atoms with Gasteiger partial charge >= 0.3 is 0 Å². The largest absolute Gasteiger partial charge is 0.370 e. The van der Waals surface area contributed by atoms with Gasteiger partial charge in [-0.1, -0.05) is 20.3 Å². The molecule has 0 unspecified atom stereocenters. The number of nitrogens with zero attached hydrogens (tertiary/aromatic N) is 3. The summed E-state index contributed by atoms with van der Waals surface area (Å²) in [5.41, 5.74) is 0. The molecule has 0 saturated heterocycles. The molecule has 1 N–H and O–H groups in total. The summed E-state index contributed by atoms with van der Waals surface area (Å²) >= 11 is 0. The van der Waals surface area contributed by atoms with Gasteiger partial charge in [0.15, 0.2) is 0 Å². The Morgan fingerprint density at radius 1 is 1.20 bits per heavy atom. The van der Waals surface area contributed by atoms with E-state index in [0.717, 1.165) is 43.4 Å². The van der Waals surface area contributed by atoms with Crippen LogP contribution in [0.1, 0.15) is 58.7 Å². The lowest BCUT2D eigenvalue weighted by Gasteiger charge is -2.24. The summed E-state index contributed by atoms with van der Waals surface area (Å²) in [5, 5.41) is 3.34. The molecule has 4 heteroatoms. The second-order valence-electron chi connectivity index (χ2n) is 5.59. The molecular formula is C16H28N4. The van der Waals surface area contributed by atoms with Crippen molar-refractivity contribution >= 4 is 11.6 Å². The maximum atomic E-state index is 4.79. The van der Waals surface area contributed by atoms with Crippen molar-refractivity contribution in [3.8, 4) is 0 Å². The first-order valence-electron chi connectivity index (χ1n) is 8.16. The van der Waals surface area contributed by atoms with E-state index in [-0.39, 0.29) is 0 Å². The van der Waals surface area contributed by atoms with Crippen LogP contribution in [0.5, 0.6) is 0 Å². The zero-order valence-corrected chi connectivity index (χ0v) is 13.2. The van der Waals surface area contributed by atoms with Gasteiger partial charge in [0.1, 0.15) is 17.5 Å². The predicted molar refractivity (Wildman–Crippen MR) is 85.5 cm³/mol. The fourth-order valence-electron chi connectivity index (χ4n) is 2.44. The monoisotopic (exact) mass is 276 g/mol. The van der Waals surface area contributed by atoms with Crippen molar-refractivity contribution in [1.82, 2.24) is 9.97 Å². The number of rotatable bonds is 9. The molecular weight excluding hydrogens is 248 g/mol. The molecule has 2 rings (SSSR count). The van der Waals surface area contributed by atoms with Crippen molar-refractivity contribution in [2.24, 2.45) is 0 Å². The normalized spacial score (nSPS) is 14.3. The topological polar surface area (TPSA) is 41.0 Å². The van der Waals surface area contributed by atoms with Gasteiger partial charge in [-0.3, -0.25) is 0 Å². The maximum absolute atomic E-state index is 4.79. The Morgan fingerprint density at radius 2 is 2.00 bits per heavy atom. The quantitative estimate of drug-likeness (QED) is 0.748. The van der Waals surface area contributed by atoms with E-state index in [1.807, 2.05) is 0 Å². The molecule has 0 aliphatic heterocycles. The SMILES string of the molecule is CCCCN(c1cc(NCC)nc(CCC)n1)C1CC1. The van der Waals surface area contributed by atoms with Gasteiger partial charge in [-0.25, -0.2) is 9.97 Å². The molecule has 1 fully saturated rings. The molecule has 112 valence electrons.